The van der Waals surface area contributed by atoms with Crippen LogP contribution in [0.2, 0.25) is 0 Å². The monoisotopic (exact) mass is 630 g/mol. The van der Waals surface area contributed by atoms with Crippen molar-refractivity contribution in [2.45, 2.75) is 63.0 Å². The van der Waals surface area contributed by atoms with Crippen LogP contribution < -0.4 is 4.90 Å². The normalized spacial score (nSPS) is 19.2. The van der Waals surface area contributed by atoms with Gasteiger partial charge in [0.25, 0.3) is 0 Å². The highest BCUT2D eigenvalue weighted by molar-refractivity contribution is 5.92. The lowest BCUT2D eigenvalue weighted by molar-refractivity contribution is -0.205. The van der Waals surface area contributed by atoms with E-state index >= 15 is 13.2 Å². The molecule has 238 valence electrons. The number of hydrogen-bond donors (Lipinski definition) is 0. The van der Waals surface area contributed by atoms with Gasteiger partial charge in [0.15, 0.2) is 5.54 Å². The molecule has 0 aliphatic carbocycles. The maximum atomic E-state index is 15.0. The molecule has 7 nitrogen and oxygen atoms in total. The molecule has 2 aromatic carbocycles. The zero-order valence-corrected chi connectivity index (χ0v) is 23.2. The van der Waals surface area contributed by atoms with Crippen LogP contribution in [-0.4, -0.2) is 55.7 Å². The molecule has 2 amide bonds. The third kappa shape index (κ3) is 6.94. The Balaban J connectivity index is 2.29. The summed E-state index contributed by atoms with van der Waals surface area (Å²) >= 11 is 0. The molecule has 0 radical (unpaired) electrons. The zero-order chi connectivity index (χ0) is 32.5. The third-order valence-corrected chi connectivity index (χ3v) is 6.71. The summed E-state index contributed by atoms with van der Waals surface area (Å²) in [7, 11) is 1.78. The van der Waals surface area contributed by atoms with Crippen LogP contribution in [0.3, 0.4) is 0 Å². The molecule has 0 saturated carbocycles. The van der Waals surface area contributed by atoms with Crippen molar-refractivity contribution in [3.8, 4) is 0 Å². The highest BCUT2D eigenvalue weighted by atomic mass is 19.4. The number of carbonyl (C=O) groups is 2. The Kier molecular flexibility index (Phi) is 9.54. The van der Waals surface area contributed by atoms with Crippen molar-refractivity contribution in [2.24, 2.45) is 0 Å². The fraction of sp³-hybridized carbons (Fsp3) is 0.481. The second kappa shape index (κ2) is 12.1. The van der Waals surface area contributed by atoms with E-state index in [4.69, 9.17) is 14.2 Å². The number of anilines is 1. The Morgan fingerprint density at radius 2 is 1.51 bits per heavy atom. The number of hydrogen-bond acceptors (Lipinski definition) is 5. The van der Waals surface area contributed by atoms with Crippen molar-refractivity contribution in [3.05, 3.63) is 64.7 Å². The summed E-state index contributed by atoms with van der Waals surface area (Å²) in [5, 5.41) is 0. The van der Waals surface area contributed by atoms with E-state index in [1.54, 1.807) is 0 Å². The van der Waals surface area contributed by atoms with Gasteiger partial charge in [-0.1, -0.05) is 18.2 Å². The Bertz CT molecular complexity index is 1290. The van der Waals surface area contributed by atoms with Gasteiger partial charge in [0.1, 0.15) is 0 Å². The summed E-state index contributed by atoms with van der Waals surface area (Å²) in [6.45, 7) is 0.637. The number of methoxy groups -OCH3 is 2. The number of nitrogens with zero attached hydrogens (tertiary/aromatic N) is 2. The Morgan fingerprint density at radius 3 is 1.98 bits per heavy atom. The van der Waals surface area contributed by atoms with Crippen molar-refractivity contribution >= 4 is 17.9 Å². The number of ether oxygens (including phenoxy) is 3. The van der Waals surface area contributed by atoms with Crippen LogP contribution in [0.15, 0.2) is 42.5 Å². The van der Waals surface area contributed by atoms with Crippen molar-refractivity contribution in [2.75, 3.05) is 25.7 Å². The molecule has 0 saturated heterocycles. The number of amides is 2. The fourth-order valence-electron chi connectivity index (χ4n) is 4.94. The topological polar surface area (TPSA) is 68.3 Å². The van der Waals surface area contributed by atoms with Crippen LogP contribution in [0, 0.1) is 0 Å². The van der Waals surface area contributed by atoms with Crippen LogP contribution in [0.1, 0.15) is 48.6 Å². The number of benzene rings is 2. The Hall–Kier alpha value is -3.69. The third-order valence-electron chi connectivity index (χ3n) is 6.71. The van der Waals surface area contributed by atoms with E-state index in [2.05, 4.69) is 0 Å². The number of rotatable bonds is 6. The van der Waals surface area contributed by atoms with E-state index in [1.807, 2.05) is 0 Å². The van der Waals surface area contributed by atoms with E-state index in [-0.39, 0.29) is 17.3 Å². The van der Waals surface area contributed by atoms with Crippen LogP contribution in [0.5, 0.6) is 0 Å². The smallest absolute Gasteiger partial charge is 0.416 e. The predicted molar refractivity (Wildman–Crippen MR) is 133 cm³/mol. The molecule has 2 aromatic rings. The van der Waals surface area contributed by atoms with E-state index < -0.39 is 84.7 Å². The number of halogens is 9. The zero-order valence-electron chi connectivity index (χ0n) is 23.2. The van der Waals surface area contributed by atoms with E-state index in [9.17, 15) is 35.9 Å². The minimum absolute atomic E-state index is 0.0763. The SMILES string of the molecule is COCC1(C(F)(F)F)CC(N(Cc2cc(C(F)(F)F)cc(C(F)(F)F)c2)C(=O)OC)c2ccccc2N1C(=O)OC(C)C. The number of carbonyl (C=O) groups excluding carboxylic acids is 2. The van der Waals surface area contributed by atoms with Crippen LogP contribution >= 0.6 is 0 Å². The molecule has 43 heavy (non-hydrogen) atoms. The molecule has 2 unspecified atom stereocenters. The maximum Gasteiger partial charge on any atom is 0.416 e. The van der Waals surface area contributed by atoms with Gasteiger partial charge in [-0.15, -0.1) is 0 Å². The number of fused-ring (bicyclic) bond motifs is 1. The van der Waals surface area contributed by atoms with Gasteiger partial charge < -0.3 is 14.2 Å². The van der Waals surface area contributed by atoms with Gasteiger partial charge in [-0.2, -0.15) is 39.5 Å². The molecule has 1 aliphatic heterocycles. The summed E-state index contributed by atoms with van der Waals surface area (Å²) in [6.07, 6.45) is -20.4. The van der Waals surface area contributed by atoms with Crippen molar-refractivity contribution in [1.82, 2.24) is 4.90 Å². The molecule has 0 N–H and O–H groups in total. The Morgan fingerprint density at radius 1 is 0.953 bits per heavy atom. The predicted octanol–water partition coefficient (Wildman–Crippen LogP) is 7.74. The average molecular weight is 631 g/mol. The first kappa shape index (κ1) is 33.8. The molecule has 0 fully saturated rings. The highest BCUT2D eigenvalue weighted by Crippen LogP contribution is 2.52. The molecule has 16 heteroatoms. The van der Waals surface area contributed by atoms with Gasteiger partial charge in [0.2, 0.25) is 0 Å². The Labute approximate surface area is 240 Å². The molecule has 0 aromatic heterocycles. The first-order valence-electron chi connectivity index (χ1n) is 12.5. The summed E-state index contributed by atoms with van der Waals surface area (Å²) in [5.41, 5.74) is -7.68. The number of alkyl halides is 9. The standard InChI is InChI=1S/C27H27F9N2O5/c1-15(2)43-23(40)38-20-8-6-5-7-19(20)21(12-24(38,14-41-3)27(34,35)36)37(22(39)42-4)13-16-9-17(25(28,29)30)11-18(10-16)26(31,32)33/h5-11,15,21H,12-14H2,1-4H3. The molecular weight excluding hydrogens is 603 g/mol. The van der Waals surface area contributed by atoms with Gasteiger partial charge in [-0.25, -0.2) is 9.59 Å². The highest BCUT2D eigenvalue weighted by Gasteiger charge is 2.65. The summed E-state index contributed by atoms with van der Waals surface area (Å²) in [6, 6.07) is 4.01. The molecule has 3 rings (SSSR count). The van der Waals surface area contributed by atoms with Crippen molar-refractivity contribution in [1.29, 1.82) is 0 Å². The molecule has 0 bridgehead atoms. The maximum absolute atomic E-state index is 15.0. The second-order valence-corrected chi connectivity index (χ2v) is 10.0. The molecular formula is C27H27F9N2O5. The first-order valence-corrected chi connectivity index (χ1v) is 12.5. The van der Waals surface area contributed by atoms with Crippen LogP contribution in [0.4, 0.5) is 54.8 Å². The van der Waals surface area contributed by atoms with Gasteiger partial charge in [0, 0.05) is 20.1 Å². The molecule has 1 heterocycles. The quantitative estimate of drug-likeness (QED) is 0.306. The minimum Gasteiger partial charge on any atom is -0.453 e. The van der Waals surface area contributed by atoms with Crippen LogP contribution in [0.25, 0.3) is 0 Å². The van der Waals surface area contributed by atoms with Crippen LogP contribution in [-0.2, 0) is 33.1 Å². The van der Waals surface area contributed by atoms with Gasteiger partial charge >= 0.3 is 30.7 Å². The second-order valence-electron chi connectivity index (χ2n) is 10.0. The largest absolute Gasteiger partial charge is 0.453 e. The van der Waals surface area contributed by atoms with Crippen molar-refractivity contribution in [3.63, 3.8) is 0 Å². The lowest BCUT2D eigenvalue weighted by Gasteiger charge is -2.51. The van der Waals surface area contributed by atoms with Gasteiger partial charge in [0.05, 0.1) is 42.7 Å². The van der Waals surface area contributed by atoms with Crippen molar-refractivity contribution < 1.29 is 63.3 Å². The van der Waals surface area contributed by atoms with Gasteiger partial charge in [-0.05, 0) is 49.2 Å². The fourth-order valence-corrected chi connectivity index (χ4v) is 4.94. The first-order chi connectivity index (χ1) is 19.8. The lowest BCUT2D eigenvalue weighted by atomic mass is 9.80. The number of para-hydroxylation sites is 1. The lowest BCUT2D eigenvalue weighted by Crippen LogP contribution is -2.67. The summed E-state index contributed by atoms with van der Waals surface area (Å²) in [5.74, 6) is 0. The minimum atomic E-state index is -5.24. The molecule has 0 spiro atoms. The summed E-state index contributed by atoms with van der Waals surface area (Å²) in [4.78, 5) is 27.1. The van der Waals surface area contributed by atoms with E-state index in [0.717, 1.165) is 20.3 Å². The average Bonchev–Trinajstić information content (AvgIpc) is 2.88. The van der Waals surface area contributed by atoms with E-state index in [1.165, 1.54) is 32.0 Å². The summed E-state index contributed by atoms with van der Waals surface area (Å²) < 4.78 is 141. The molecule has 2 atom stereocenters. The van der Waals surface area contributed by atoms with Gasteiger partial charge in [-0.3, -0.25) is 9.80 Å². The molecule has 1 aliphatic rings. The van der Waals surface area contributed by atoms with E-state index in [0.29, 0.717) is 21.9 Å².